The lowest BCUT2D eigenvalue weighted by molar-refractivity contribution is -0.132. The minimum absolute atomic E-state index is 0.116. The van der Waals surface area contributed by atoms with Crippen LogP contribution in [0.4, 0.5) is 4.39 Å². The molecule has 1 aromatic carbocycles. The van der Waals surface area contributed by atoms with Gasteiger partial charge in [0.15, 0.2) is 0 Å². The Bertz CT molecular complexity index is 387. The molecule has 3 heteroatoms. The highest BCUT2D eigenvalue weighted by atomic mass is 19.1. The molecule has 1 aromatic rings. The standard InChI is InChI=1S/C13H16FNO/c1-2-13(16)15(11-7-8-11)9-10-5-3-4-6-12(10)14/h3-6,11H,2,7-9H2,1H3. The molecule has 0 radical (unpaired) electrons. The average Bonchev–Trinajstić information content (AvgIpc) is 3.11. The van der Waals surface area contributed by atoms with Crippen molar-refractivity contribution in [2.24, 2.45) is 0 Å². The van der Waals surface area contributed by atoms with E-state index < -0.39 is 0 Å². The molecular weight excluding hydrogens is 205 g/mol. The van der Waals surface area contributed by atoms with Crippen LogP contribution in [-0.4, -0.2) is 16.8 Å². The van der Waals surface area contributed by atoms with Crippen LogP contribution in [0.3, 0.4) is 0 Å². The van der Waals surface area contributed by atoms with Crippen molar-refractivity contribution >= 4 is 5.91 Å². The third kappa shape index (κ3) is 2.40. The highest BCUT2D eigenvalue weighted by molar-refractivity contribution is 5.76. The van der Waals surface area contributed by atoms with Crippen LogP contribution in [0, 0.1) is 5.82 Å². The van der Waals surface area contributed by atoms with Gasteiger partial charge in [0.25, 0.3) is 0 Å². The first kappa shape index (κ1) is 11.1. The number of carbonyl (C=O) groups is 1. The monoisotopic (exact) mass is 221 g/mol. The summed E-state index contributed by atoms with van der Waals surface area (Å²) in [5, 5.41) is 0. The van der Waals surface area contributed by atoms with Crippen LogP contribution in [0.15, 0.2) is 24.3 Å². The zero-order valence-electron chi connectivity index (χ0n) is 9.45. The van der Waals surface area contributed by atoms with E-state index >= 15 is 0 Å². The van der Waals surface area contributed by atoms with E-state index in [1.807, 2.05) is 6.92 Å². The van der Waals surface area contributed by atoms with Crippen molar-refractivity contribution in [2.45, 2.75) is 38.8 Å². The van der Waals surface area contributed by atoms with Gasteiger partial charge in [-0.25, -0.2) is 4.39 Å². The molecule has 1 fully saturated rings. The van der Waals surface area contributed by atoms with Crippen molar-refractivity contribution in [3.63, 3.8) is 0 Å². The van der Waals surface area contributed by atoms with Crippen LogP contribution in [0.1, 0.15) is 31.7 Å². The van der Waals surface area contributed by atoms with Crippen molar-refractivity contribution in [3.8, 4) is 0 Å². The smallest absolute Gasteiger partial charge is 0.222 e. The Balaban J connectivity index is 2.11. The molecule has 0 heterocycles. The minimum Gasteiger partial charge on any atom is -0.335 e. The topological polar surface area (TPSA) is 20.3 Å². The summed E-state index contributed by atoms with van der Waals surface area (Å²) in [6.45, 7) is 2.25. The lowest BCUT2D eigenvalue weighted by atomic mass is 10.2. The number of carbonyl (C=O) groups excluding carboxylic acids is 1. The van der Waals surface area contributed by atoms with Gasteiger partial charge in [0, 0.05) is 24.6 Å². The molecule has 2 rings (SSSR count). The molecule has 0 N–H and O–H groups in total. The number of hydrogen-bond donors (Lipinski definition) is 0. The summed E-state index contributed by atoms with van der Waals surface area (Å²) in [7, 11) is 0. The first-order valence-electron chi connectivity index (χ1n) is 5.75. The van der Waals surface area contributed by atoms with Crippen LogP contribution in [-0.2, 0) is 11.3 Å². The summed E-state index contributed by atoms with van der Waals surface area (Å²) < 4.78 is 13.5. The Morgan fingerprint density at radius 1 is 1.44 bits per heavy atom. The van der Waals surface area contributed by atoms with Gasteiger partial charge in [0.1, 0.15) is 5.82 Å². The summed E-state index contributed by atoms with van der Waals surface area (Å²) >= 11 is 0. The maximum absolute atomic E-state index is 13.5. The molecule has 0 spiro atoms. The predicted octanol–water partition coefficient (Wildman–Crippen LogP) is 2.73. The summed E-state index contributed by atoms with van der Waals surface area (Å²) in [6.07, 6.45) is 2.60. The van der Waals surface area contributed by atoms with Gasteiger partial charge < -0.3 is 4.90 Å². The van der Waals surface area contributed by atoms with Gasteiger partial charge in [-0.2, -0.15) is 0 Å². The fourth-order valence-corrected chi connectivity index (χ4v) is 1.82. The molecule has 0 aliphatic heterocycles. The molecule has 0 saturated heterocycles. The Labute approximate surface area is 95.1 Å². The van der Waals surface area contributed by atoms with Gasteiger partial charge in [0.2, 0.25) is 5.91 Å². The quantitative estimate of drug-likeness (QED) is 0.765. The molecule has 0 unspecified atom stereocenters. The van der Waals surface area contributed by atoms with Gasteiger partial charge in [-0.15, -0.1) is 0 Å². The number of hydrogen-bond acceptors (Lipinski definition) is 1. The molecule has 0 aromatic heterocycles. The van der Waals surface area contributed by atoms with E-state index in [0.717, 1.165) is 12.8 Å². The average molecular weight is 221 g/mol. The van der Waals surface area contributed by atoms with E-state index in [1.54, 1.807) is 23.1 Å². The van der Waals surface area contributed by atoms with E-state index in [9.17, 15) is 9.18 Å². The molecule has 1 aliphatic rings. The van der Waals surface area contributed by atoms with Crippen molar-refractivity contribution in [1.82, 2.24) is 4.90 Å². The molecule has 86 valence electrons. The van der Waals surface area contributed by atoms with Crippen molar-refractivity contribution < 1.29 is 9.18 Å². The molecule has 1 amide bonds. The molecule has 16 heavy (non-hydrogen) atoms. The van der Waals surface area contributed by atoms with Gasteiger partial charge in [-0.1, -0.05) is 25.1 Å². The lowest BCUT2D eigenvalue weighted by Crippen LogP contribution is -2.32. The van der Waals surface area contributed by atoms with E-state index in [-0.39, 0.29) is 11.7 Å². The highest BCUT2D eigenvalue weighted by Crippen LogP contribution is 2.29. The largest absolute Gasteiger partial charge is 0.335 e. The molecule has 1 aliphatic carbocycles. The molecule has 2 nitrogen and oxygen atoms in total. The predicted molar refractivity (Wildman–Crippen MR) is 60.3 cm³/mol. The number of nitrogens with zero attached hydrogens (tertiary/aromatic N) is 1. The zero-order chi connectivity index (χ0) is 11.5. The van der Waals surface area contributed by atoms with Crippen LogP contribution in [0.2, 0.25) is 0 Å². The van der Waals surface area contributed by atoms with Crippen molar-refractivity contribution in [1.29, 1.82) is 0 Å². The maximum Gasteiger partial charge on any atom is 0.222 e. The number of amides is 1. The van der Waals surface area contributed by atoms with Crippen LogP contribution in [0.25, 0.3) is 0 Å². The second-order valence-corrected chi connectivity index (χ2v) is 4.20. The van der Waals surface area contributed by atoms with Gasteiger partial charge in [-0.3, -0.25) is 4.79 Å². The fourth-order valence-electron chi connectivity index (χ4n) is 1.82. The normalized spacial score (nSPS) is 14.9. The number of halogens is 1. The summed E-state index contributed by atoms with van der Waals surface area (Å²) in [5.41, 5.74) is 0.608. The molecule has 0 bridgehead atoms. The lowest BCUT2D eigenvalue weighted by Gasteiger charge is -2.22. The number of rotatable bonds is 4. The second-order valence-electron chi connectivity index (χ2n) is 4.20. The van der Waals surface area contributed by atoms with Crippen LogP contribution >= 0.6 is 0 Å². The number of benzene rings is 1. The van der Waals surface area contributed by atoms with Crippen molar-refractivity contribution in [2.75, 3.05) is 0 Å². The Hall–Kier alpha value is -1.38. The van der Waals surface area contributed by atoms with Crippen molar-refractivity contribution in [3.05, 3.63) is 35.6 Å². The Morgan fingerprint density at radius 2 is 2.12 bits per heavy atom. The third-order valence-corrected chi connectivity index (χ3v) is 2.91. The SMILES string of the molecule is CCC(=O)N(Cc1ccccc1F)C1CC1. The van der Waals surface area contributed by atoms with Crippen LogP contribution < -0.4 is 0 Å². The Kier molecular flexibility index (Phi) is 3.22. The third-order valence-electron chi connectivity index (χ3n) is 2.91. The van der Waals surface area contributed by atoms with E-state index in [2.05, 4.69) is 0 Å². The fraction of sp³-hybridized carbons (Fsp3) is 0.462. The van der Waals surface area contributed by atoms with E-state index in [1.165, 1.54) is 6.07 Å². The summed E-state index contributed by atoms with van der Waals surface area (Å²) in [5.74, 6) is -0.109. The Morgan fingerprint density at radius 3 is 2.69 bits per heavy atom. The van der Waals surface area contributed by atoms with E-state index in [4.69, 9.17) is 0 Å². The van der Waals surface area contributed by atoms with Gasteiger partial charge in [0.05, 0.1) is 0 Å². The molecule has 0 atom stereocenters. The molecular formula is C13H16FNO. The van der Waals surface area contributed by atoms with E-state index in [0.29, 0.717) is 24.6 Å². The maximum atomic E-state index is 13.5. The first-order valence-corrected chi connectivity index (χ1v) is 5.75. The summed E-state index contributed by atoms with van der Waals surface area (Å²) in [4.78, 5) is 13.5. The van der Waals surface area contributed by atoms with Crippen LogP contribution in [0.5, 0.6) is 0 Å². The first-order chi connectivity index (χ1) is 7.72. The van der Waals surface area contributed by atoms with Gasteiger partial charge in [-0.05, 0) is 18.9 Å². The summed E-state index contributed by atoms with van der Waals surface area (Å²) in [6, 6.07) is 7.00. The van der Waals surface area contributed by atoms with Gasteiger partial charge >= 0.3 is 0 Å². The zero-order valence-corrected chi connectivity index (χ0v) is 9.45. The minimum atomic E-state index is -0.225. The highest BCUT2D eigenvalue weighted by Gasteiger charge is 2.31. The molecule has 1 saturated carbocycles. The second kappa shape index (κ2) is 4.64.